The van der Waals surface area contributed by atoms with Crippen LogP contribution in [0.25, 0.3) is 22.7 Å². The van der Waals surface area contributed by atoms with Crippen molar-refractivity contribution in [2.45, 2.75) is 39.5 Å². The Balaban J connectivity index is 0.000000233. The van der Waals surface area contributed by atoms with Crippen molar-refractivity contribution < 1.29 is 49.7 Å². The number of amidine groups is 1. The van der Waals surface area contributed by atoms with Crippen LogP contribution in [0.1, 0.15) is 64.2 Å². The highest BCUT2D eigenvalue weighted by Crippen LogP contribution is 2.25. The average Bonchev–Trinajstić information content (AvgIpc) is 4.08. The Morgan fingerprint density at radius 1 is 0.812 bits per heavy atom. The Morgan fingerprint density at radius 2 is 1.34 bits per heavy atom. The van der Waals surface area contributed by atoms with Crippen LogP contribution in [0, 0.1) is 13.8 Å². The Hall–Kier alpha value is -7.69. The molecule has 334 valence electrons. The fraction of sp³-hybridized carbons (Fsp3) is 0.209. The van der Waals surface area contributed by atoms with E-state index in [4.69, 9.17) is 21.9 Å². The molecule has 0 unspecified atom stereocenters. The molecule has 0 aliphatic rings. The zero-order valence-corrected chi connectivity index (χ0v) is 37.2. The number of fused-ring (bicyclic) bond motifs is 2. The third-order valence-corrected chi connectivity index (χ3v) is 8.94. The Kier molecular flexibility index (Phi) is 17.8. The SMILES string of the molecule is COC(=O)CCC(=O)O.COC(=O)CCc1nc(-c2ccc(C)c(NC(=O)c3cnc4ccccn34)c2)no1.Cc1ccc(/C(N)=N/O)cc1NC(=O)c1cnc2ccccn12.[2H]CI. The molecule has 0 saturated heterocycles. The summed E-state index contributed by atoms with van der Waals surface area (Å²) in [6.07, 6.45) is 6.87. The molecule has 0 bridgehead atoms. The number of rotatable bonds is 12. The van der Waals surface area contributed by atoms with E-state index in [1.807, 2.05) is 85.0 Å². The number of alkyl halides is 1. The number of benzene rings is 2. The lowest BCUT2D eigenvalue weighted by molar-refractivity contribution is -0.145. The van der Waals surface area contributed by atoms with Gasteiger partial charge >= 0.3 is 17.9 Å². The number of carboxylic acid groups (broad SMARTS) is 1. The van der Waals surface area contributed by atoms with Gasteiger partial charge in [-0.05, 0) is 66.3 Å². The Bertz CT molecular complexity index is 2790. The maximum absolute atomic E-state index is 12.8. The van der Waals surface area contributed by atoms with E-state index in [1.165, 1.54) is 26.6 Å². The molecule has 64 heavy (non-hydrogen) atoms. The van der Waals surface area contributed by atoms with Crippen LogP contribution < -0.4 is 16.4 Å². The molecule has 2 amide bonds. The molecular weight excluding hydrogens is 943 g/mol. The number of halogens is 1. The van der Waals surface area contributed by atoms with Gasteiger partial charge in [-0.3, -0.25) is 32.8 Å². The third-order valence-electron chi connectivity index (χ3n) is 8.94. The number of nitrogens with one attached hydrogen (secondary N) is 2. The van der Waals surface area contributed by atoms with Gasteiger partial charge in [0, 0.05) is 42.7 Å². The van der Waals surface area contributed by atoms with E-state index in [1.54, 1.807) is 45.5 Å². The van der Waals surface area contributed by atoms with Crippen LogP contribution >= 0.6 is 22.6 Å². The minimum atomic E-state index is -0.986. The summed E-state index contributed by atoms with van der Waals surface area (Å²) in [6, 6.07) is 21.7. The number of aryl methyl sites for hydroxylation is 3. The number of carbonyl (C=O) groups is 5. The van der Waals surface area contributed by atoms with Crippen LogP contribution in [0.15, 0.2) is 107 Å². The predicted octanol–water partition coefficient (Wildman–Crippen LogP) is 6.12. The van der Waals surface area contributed by atoms with E-state index in [9.17, 15) is 24.0 Å². The number of hydrogen-bond acceptors (Lipinski definition) is 14. The molecule has 20 nitrogen and oxygen atoms in total. The van der Waals surface area contributed by atoms with E-state index in [0.29, 0.717) is 68.2 Å². The molecule has 7 aromatic rings. The fourth-order valence-corrected chi connectivity index (χ4v) is 5.54. The second kappa shape index (κ2) is 24.1. The van der Waals surface area contributed by atoms with Crippen LogP contribution in [-0.4, -0.2) is 93.9 Å². The number of aromatic nitrogens is 6. The number of oxime groups is 1. The third kappa shape index (κ3) is 13.4. The first kappa shape index (κ1) is 47.4. The lowest BCUT2D eigenvalue weighted by atomic mass is 10.1. The van der Waals surface area contributed by atoms with Crippen molar-refractivity contribution in [1.29, 1.82) is 0 Å². The summed E-state index contributed by atoms with van der Waals surface area (Å²) in [7, 11) is 2.56. The number of esters is 2. The average molecular weight is 990 g/mol. The van der Waals surface area contributed by atoms with Gasteiger partial charge in [-0.25, -0.2) is 9.97 Å². The molecule has 0 aliphatic heterocycles. The molecule has 0 fully saturated rings. The second-order valence-electron chi connectivity index (χ2n) is 13.2. The number of carboxylic acids is 1. The van der Waals surface area contributed by atoms with Crippen molar-refractivity contribution in [2.24, 2.45) is 10.9 Å². The predicted molar refractivity (Wildman–Crippen MR) is 244 cm³/mol. The number of pyridine rings is 2. The van der Waals surface area contributed by atoms with Crippen LogP contribution in [0.5, 0.6) is 0 Å². The van der Waals surface area contributed by atoms with Crippen molar-refractivity contribution in [2.75, 3.05) is 29.8 Å². The molecule has 0 atom stereocenters. The van der Waals surface area contributed by atoms with Crippen molar-refractivity contribution in [3.8, 4) is 11.4 Å². The summed E-state index contributed by atoms with van der Waals surface area (Å²) in [6.45, 7) is 3.76. The fourth-order valence-electron chi connectivity index (χ4n) is 5.54. The van der Waals surface area contributed by atoms with Gasteiger partial charge in [0.25, 0.3) is 11.8 Å². The monoisotopic (exact) mass is 989 g/mol. The number of carbonyl (C=O) groups excluding carboxylic acids is 4. The summed E-state index contributed by atoms with van der Waals surface area (Å²) >= 11 is 1.96. The van der Waals surface area contributed by atoms with Crippen LogP contribution in [0.2, 0.25) is 0 Å². The quantitative estimate of drug-likeness (QED) is 0.0176. The van der Waals surface area contributed by atoms with Crippen molar-refractivity contribution in [3.63, 3.8) is 0 Å². The van der Waals surface area contributed by atoms with Crippen LogP contribution in [0.3, 0.4) is 0 Å². The van der Waals surface area contributed by atoms with E-state index < -0.39 is 11.9 Å². The van der Waals surface area contributed by atoms with Crippen LogP contribution in [0.4, 0.5) is 11.4 Å². The van der Waals surface area contributed by atoms with Crippen molar-refractivity contribution in [3.05, 3.63) is 132 Å². The zero-order chi connectivity index (χ0) is 47.5. The lowest BCUT2D eigenvalue weighted by Gasteiger charge is -2.10. The number of methoxy groups -OCH3 is 2. The number of nitrogens with zero attached hydrogens (tertiary/aromatic N) is 7. The first-order chi connectivity index (χ1) is 31.2. The molecule has 5 heterocycles. The minimum absolute atomic E-state index is 0.0182. The molecule has 7 rings (SSSR count). The number of imidazole rings is 2. The number of aliphatic carboxylic acids is 1. The minimum Gasteiger partial charge on any atom is -0.481 e. The summed E-state index contributed by atoms with van der Waals surface area (Å²) in [4.78, 5) is 69.8. The number of nitrogens with two attached hydrogens (primary N) is 1. The number of ether oxygens (including phenoxy) is 2. The molecule has 6 N–H and O–H groups in total. The second-order valence-corrected chi connectivity index (χ2v) is 13.2. The smallest absolute Gasteiger partial charge is 0.306 e. The topological polar surface area (TPSA) is 280 Å². The highest BCUT2D eigenvalue weighted by molar-refractivity contribution is 14.1. The van der Waals surface area contributed by atoms with Gasteiger partial charge in [0.05, 0.1) is 45.9 Å². The summed E-state index contributed by atoms with van der Waals surface area (Å²) in [5, 5.41) is 29.5. The number of anilines is 2. The van der Waals surface area contributed by atoms with E-state index in [0.717, 1.165) is 11.1 Å². The van der Waals surface area contributed by atoms with E-state index in [-0.39, 0.29) is 42.9 Å². The Morgan fingerprint density at radius 3 is 1.88 bits per heavy atom. The van der Waals surface area contributed by atoms with Gasteiger partial charge in [-0.2, -0.15) is 4.98 Å². The van der Waals surface area contributed by atoms with Crippen molar-refractivity contribution in [1.82, 2.24) is 28.9 Å². The first-order valence-corrected chi connectivity index (χ1v) is 20.5. The van der Waals surface area contributed by atoms with Gasteiger partial charge in [-0.15, -0.1) is 0 Å². The number of amides is 2. The van der Waals surface area contributed by atoms with Gasteiger partial charge < -0.3 is 40.7 Å². The van der Waals surface area contributed by atoms with Gasteiger partial charge in [0.15, 0.2) is 5.84 Å². The standard InChI is InChI=1S/C21H19N5O4.C16H15N5O2.C5H8O4.CH3I/c1-13-6-7-14(20-24-18(30-25-20)8-9-19(27)29-2)11-15(13)23-21(28)16-12-22-17-5-3-4-10-26(16)17;1-10-5-6-11(15(17)20-23)8-12(10)19-16(22)13-9-18-14-4-2-3-7-21(13)14;1-9-5(8)3-2-4(6)7;1-2/h3-7,10-12H,8-9H2,1-2H3,(H,23,28);2-9,23H,1H3,(H2,17,20)(H,19,22);2-3H2,1H3,(H,6,7);1H3/i;;;1D. The molecule has 0 radical (unpaired) electrons. The summed E-state index contributed by atoms with van der Waals surface area (Å²) in [5.74, 6) is -1.69. The lowest BCUT2D eigenvalue weighted by Crippen LogP contribution is -2.17. The van der Waals surface area contributed by atoms with Gasteiger partial charge in [0.1, 0.15) is 22.7 Å². The van der Waals surface area contributed by atoms with Crippen LogP contribution in [-0.2, 0) is 30.3 Å². The van der Waals surface area contributed by atoms with Gasteiger partial charge in [0.2, 0.25) is 11.7 Å². The molecule has 0 aliphatic carbocycles. The largest absolute Gasteiger partial charge is 0.481 e. The number of hydrogen-bond donors (Lipinski definition) is 5. The molecule has 0 spiro atoms. The first-order valence-electron chi connectivity index (χ1n) is 19.6. The molecular formula is C43H45IN10O10. The zero-order valence-electron chi connectivity index (χ0n) is 36.0. The molecule has 2 aromatic carbocycles. The summed E-state index contributed by atoms with van der Waals surface area (Å²) < 4.78 is 23.6. The Labute approximate surface area is 381 Å². The molecule has 21 heteroatoms. The van der Waals surface area contributed by atoms with E-state index in [2.05, 4.69) is 45.4 Å². The maximum atomic E-state index is 12.8. The van der Waals surface area contributed by atoms with Gasteiger partial charge in [-0.1, -0.05) is 69.3 Å². The highest BCUT2D eigenvalue weighted by atomic mass is 127. The summed E-state index contributed by atoms with van der Waals surface area (Å²) in [5.41, 5.74) is 12.0. The normalized spacial score (nSPS) is 10.8. The molecule has 0 saturated carbocycles. The molecule has 5 aromatic heterocycles. The van der Waals surface area contributed by atoms with E-state index >= 15 is 0 Å². The highest BCUT2D eigenvalue weighted by Gasteiger charge is 2.17. The van der Waals surface area contributed by atoms with Crippen molar-refractivity contribution >= 4 is 80.8 Å². The maximum Gasteiger partial charge on any atom is 0.306 e.